The number of benzene rings is 1. The number of hydrogen-bond acceptors (Lipinski definition) is 3. The van der Waals surface area contributed by atoms with Crippen LogP contribution in [0.15, 0.2) is 42.7 Å². The molecule has 4 nitrogen and oxygen atoms in total. The van der Waals surface area contributed by atoms with Gasteiger partial charge >= 0.3 is 0 Å². The van der Waals surface area contributed by atoms with Crippen molar-refractivity contribution in [2.75, 3.05) is 20.1 Å². The van der Waals surface area contributed by atoms with Crippen molar-refractivity contribution in [3.8, 4) is 0 Å². The zero-order valence-electron chi connectivity index (χ0n) is 15.8. The average Bonchev–Trinajstić information content (AvgIpc) is 2.79. The average molecular weight is 349 g/mol. The number of hydrogen-bond donors (Lipinski definition) is 1. The zero-order chi connectivity index (χ0) is 18.3. The second-order valence-electron chi connectivity index (χ2n) is 7.68. The first-order chi connectivity index (χ1) is 12.5. The van der Waals surface area contributed by atoms with E-state index in [1.165, 1.54) is 27.7 Å². The lowest BCUT2D eigenvalue weighted by atomic mass is 9.91. The van der Waals surface area contributed by atoms with Crippen molar-refractivity contribution in [3.63, 3.8) is 0 Å². The van der Waals surface area contributed by atoms with Crippen LogP contribution in [0.5, 0.6) is 0 Å². The van der Waals surface area contributed by atoms with Gasteiger partial charge in [-0.2, -0.15) is 0 Å². The molecule has 0 saturated carbocycles. The molecule has 0 spiro atoms. The SMILES string of the molecule is Cc1ccc2c(c1)c1c(n2C)C(CC(O)c2ccncc2)CN(C)CC1. The van der Waals surface area contributed by atoms with E-state index in [1.54, 1.807) is 12.4 Å². The maximum Gasteiger partial charge on any atom is 0.0798 e. The van der Waals surface area contributed by atoms with Crippen molar-refractivity contribution in [3.05, 3.63) is 65.1 Å². The molecule has 0 fully saturated rings. The number of aliphatic hydroxyl groups excluding tert-OH is 1. The van der Waals surface area contributed by atoms with Gasteiger partial charge in [-0.15, -0.1) is 0 Å². The Bertz CT molecular complexity index is 916. The normalized spacial score (nSPS) is 19.3. The van der Waals surface area contributed by atoms with Gasteiger partial charge in [-0.25, -0.2) is 0 Å². The first-order valence-electron chi connectivity index (χ1n) is 9.39. The van der Waals surface area contributed by atoms with Crippen LogP contribution in [0, 0.1) is 6.92 Å². The summed E-state index contributed by atoms with van der Waals surface area (Å²) in [6.07, 6.45) is 4.83. The molecule has 0 radical (unpaired) electrons. The van der Waals surface area contributed by atoms with E-state index in [0.29, 0.717) is 5.92 Å². The van der Waals surface area contributed by atoms with Crippen LogP contribution < -0.4 is 0 Å². The summed E-state index contributed by atoms with van der Waals surface area (Å²) in [4.78, 5) is 6.46. The molecule has 3 heterocycles. The number of nitrogens with zero attached hydrogens (tertiary/aromatic N) is 3. The van der Waals surface area contributed by atoms with Gasteiger partial charge in [0.25, 0.3) is 0 Å². The largest absolute Gasteiger partial charge is 0.388 e. The van der Waals surface area contributed by atoms with Crippen molar-refractivity contribution < 1.29 is 5.11 Å². The highest BCUT2D eigenvalue weighted by atomic mass is 16.3. The number of aromatic nitrogens is 2. The molecule has 1 N–H and O–H groups in total. The van der Waals surface area contributed by atoms with E-state index in [-0.39, 0.29) is 0 Å². The van der Waals surface area contributed by atoms with E-state index in [4.69, 9.17) is 0 Å². The van der Waals surface area contributed by atoms with Gasteiger partial charge in [0.1, 0.15) is 0 Å². The summed E-state index contributed by atoms with van der Waals surface area (Å²) in [5.74, 6) is 0.304. The standard InChI is InChI=1S/C22H27N3O/c1-15-4-5-20-19(12-15)18-8-11-24(2)14-17(22(18)25(20)3)13-21(26)16-6-9-23-10-7-16/h4-7,9-10,12,17,21,26H,8,11,13-14H2,1-3H3. The highest BCUT2D eigenvalue weighted by molar-refractivity contribution is 5.86. The molecule has 0 aliphatic carbocycles. The van der Waals surface area contributed by atoms with Crippen molar-refractivity contribution >= 4 is 10.9 Å². The Labute approximate surface area is 155 Å². The zero-order valence-corrected chi connectivity index (χ0v) is 15.8. The van der Waals surface area contributed by atoms with E-state index in [1.807, 2.05) is 12.1 Å². The van der Waals surface area contributed by atoms with Gasteiger partial charge in [0.05, 0.1) is 6.10 Å². The molecule has 1 aromatic carbocycles. The summed E-state index contributed by atoms with van der Waals surface area (Å²) in [5, 5.41) is 12.2. The van der Waals surface area contributed by atoms with Gasteiger partial charge in [0.2, 0.25) is 0 Å². The Morgan fingerprint density at radius 2 is 1.96 bits per heavy atom. The lowest BCUT2D eigenvalue weighted by Crippen LogP contribution is -2.25. The Balaban J connectivity index is 1.77. The predicted octanol–water partition coefficient (Wildman–Crippen LogP) is 3.58. The van der Waals surface area contributed by atoms with Crippen LogP contribution in [-0.2, 0) is 13.5 Å². The summed E-state index contributed by atoms with van der Waals surface area (Å²) in [6, 6.07) is 10.6. The number of fused-ring (bicyclic) bond motifs is 3. The van der Waals surface area contributed by atoms with Gasteiger partial charge in [-0.05, 0) is 62.2 Å². The number of likely N-dealkylation sites (N-methyl/N-ethyl adjacent to an activating group) is 1. The quantitative estimate of drug-likeness (QED) is 0.786. The first kappa shape index (κ1) is 17.3. The maximum absolute atomic E-state index is 10.8. The minimum Gasteiger partial charge on any atom is -0.388 e. The highest BCUT2D eigenvalue weighted by Crippen LogP contribution is 2.38. The minimum absolute atomic E-state index is 0.304. The second-order valence-corrected chi connectivity index (χ2v) is 7.68. The second kappa shape index (κ2) is 6.86. The molecule has 1 aliphatic rings. The molecule has 1 aliphatic heterocycles. The topological polar surface area (TPSA) is 41.3 Å². The number of pyridine rings is 1. The molecule has 4 heteroatoms. The summed E-state index contributed by atoms with van der Waals surface area (Å²) in [6.45, 7) is 4.19. The summed E-state index contributed by atoms with van der Waals surface area (Å²) >= 11 is 0. The van der Waals surface area contributed by atoms with Gasteiger partial charge in [0, 0.05) is 55.0 Å². The van der Waals surface area contributed by atoms with Crippen LogP contribution in [0.1, 0.15) is 40.8 Å². The molecule has 26 heavy (non-hydrogen) atoms. The predicted molar refractivity (Wildman–Crippen MR) is 105 cm³/mol. The molecule has 0 bridgehead atoms. The van der Waals surface area contributed by atoms with Crippen LogP contribution in [0.2, 0.25) is 0 Å². The van der Waals surface area contributed by atoms with Crippen molar-refractivity contribution in [2.24, 2.45) is 7.05 Å². The molecular weight excluding hydrogens is 322 g/mol. The molecule has 2 aromatic heterocycles. The van der Waals surface area contributed by atoms with E-state index in [9.17, 15) is 5.11 Å². The Morgan fingerprint density at radius 1 is 1.19 bits per heavy atom. The fourth-order valence-corrected chi connectivity index (χ4v) is 4.47. The van der Waals surface area contributed by atoms with Gasteiger partial charge < -0.3 is 14.6 Å². The van der Waals surface area contributed by atoms with E-state index < -0.39 is 6.10 Å². The number of rotatable bonds is 3. The minimum atomic E-state index is -0.470. The van der Waals surface area contributed by atoms with Crippen LogP contribution in [0.3, 0.4) is 0 Å². The van der Waals surface area contributed by atoms with Gasteiger partial charge in [0.15, 0.2) is 0 Å². The lowest BCUT2D eigenvalue weighted by molar-refractivity contribution is 0.148. The fraction of sp³-hybridized carbons (Fsp3) is 0.409. The molecule has 2 atom stereocenters. The number of aryl methyl sites for hydroxylation is 2. The molecule has 3 aromatic rings. The smallest absolute Gasteiger partial charge is 0.0798 e. The molecule has 0 saturated heterocycles. The third kappa shape index (κ3) is 3.04. The van der Waals surface area contributed by atoms with E-state index in [0.717, 1.165) is 31.5 Å². The summed E-state index contributed by atoms with van der Waals surface area (Å²) in [7, 11) is 4.36. The van der Waals surface area contributed by atoms with Crippen molar-refractivity contribution in [1.29, 1.82) is 0 Å². The highest BCUT2D eigenvalue weighted by Gasteiger charge is 2.29. The molecular formula is C22H27N3O. The maximum atomic E-state index is 10.8. The van der Waals surface area contributed by atoms with Crippen LogP contribution in [-0.4, -0.2) is 39.7 Å². The van der Waals surface area contributed by atoms with Crippen LogP contribution in [0.25, 0.3) is 10.9 Å². The van der Waals surface area contributed by atoms with Crippen LogP contribution in [0.4, 0.5) is 0 Å². The lowest BCUT2D eigenvalue weighted by Gasteiger charge is -2.24. The molecule has 4 rings (SSSR count). The monoisotopic (exact) mass is 349 g/mol. The Morgan fingerprint density at radius 3 is 2.73 bits per heavy atom. The third-order valence-electron chi connectivity index (χ3n) is 5.77. The van der Waals surface area contributed by atoms with E-state index in [2.05, 4.69) is 53.7 Å². The van der Waals surface area contributed by atoms with Crippen LogP contribution >= 0.6 is 0 Å². The molecule has 136 valence electrons. The number of aliphatic hydroxyl groups is 1. The Kier molecular flexibility index (Phi) is 4.55. The summed E-state index contributed by atoms with van der Waals surface area (Å²) < 4.78 is 2.35. The van der Waals surface area contributed by atoms with Gasteiger partial charge in [-0.3, -0.25) is 4.98 Å². The molecule has 2 unspecified atom stereocenters. The van der Waals surface area contributed by atoms with E-state index >= 15 is 0 Å². The Hall–Kier alpha value is -2.17. The molecule has 0 amide bonds. The first-order valence-corrected chi connectivity index (χ1v) is 9.39. The van der Waals surface area contributed by atoms with Crippen molar-refractivity contribution in [2.45, 2.75) is 31.8 Å². The third-order valence-corrected chi connectivity index (χ3v) is 5.77. The van der Waals surface area contributed by atoms with Crippen molar-refractivity contribution in [1.82, 2.24) is 14.5 Å². The summed E-state index contributed by atoms with van der Waals surface area (Å²) in [5.41, 5.74) is 6.40. The fourth-order valence-electron chi connectivity index (χ4n) is 4.47. The van der Waals surface area contributed by atoms with Gasteiger partial charge in [-0.1, -0.05) is 11.6 Å².